The van der Waals surface area contributed by atoms with Gasteiger partial charge in [0.15, 0.2) is 0 Å². The molecule has 0 bridgehead atoms. The van der Waals surface area contributed by atoms with Gasteiger partial charge in [-0.2, -0.15) is 0 Å². The number of hydrogen-bond donors (Lipinski definition) is 2. The van der Waals surface area contributed by atoms with Crippen LogP contribution in [0.1, 0.15) is 11.1 Å². The minimum atomic E-state index is 1.13. The number of benzene rings is 2. The van der Waals surface area contributed by atoms with Crippen LogP contribution in [-0.4, -0.2) is 10.5 Å². The second kappa shape index (κ2) is 7.63. The van der Waals surface area contributed by atoms with Crippen LogP contribution >= 0.6 is 0 Å². The van der Waals surface area contributed by atoms with Crippen molar-refractivity contribution in [1.82, 2.24) is 0 Å². The lowest BCUT2D eigenvalue weighted by atomic mass is 10.0. The summed E-state index contributed by atoms with van der Waals surface area (Å²) in [6, 6.07) is 21.2. The molecule has 0 aliphatic rings. The van der Waals surface area contributed by atoms with Gasteiger partial charge in [0, 0.05) is 0 Å². The highest BCUT2D eigenvalue weighted by Gasteiger charge is 1.93. The SMILES string of the molecule is OO.c1ccc(CCc2ccccc2)cc1. The summed E-state index contributed by atoms with van der Waals surface area (Å²) in [6.45, 7) is 0. The van der Waals surface area contributed by atoms with Gasteiger partial charge in [-0.15, -0.1) is 0 Å². The van der Waals surface area contributed by atoms with Crippen molar-refractivity contribution in [3.05, 3.63) is 71.8 Å². The summed E-state index contributed by atoms with van der Waals surface area (Å²) in [5, 5.41) is 12.0. The molecule has 0 fully saturated rings. The monoisotopic (exact) mass is 216 g/mol. The second-order valence-electron chi connectivity index (χ2n) is 3.47. The standard InChI is InChI=1S/C14H14.H2O2/c1-3-7-13(8-4-1)11-12-14-9-5-2-6-10-14;1-2/h1-10H,11-12H2;1-2H. The zero-order chi connectivity index (χ0) is 11.6. The fourth-order valence-electron chi connectivity index (χ4n) is 1.58. The van der Waals surface area contributed by atoms with Gasteiger partial charge in [-0.25, -0.2) is 0 Å². The molecule has 0 spiro atoms. The Morgan fingerprint density at radius 3 is 1.19 bits per heavy atom. The van der Waals surface area contributed by atoms with Gasteiger partial charge >= 0.3 is 0 Å². The Morgan fingerprint density at radius 2 is 0.875 bits per heavy atom. The average molecular weight is 216 g/mol. The predicted octanol–water partition coefficient (Wildman–Crippen LogP) is 3.49. The summed E-state index contributed by atoms with van der Waals surface area (Å²) < 4.78 is 0. The van der Waals surface area contributed by atoms with E-state index in [1.165, 1.54) is 11.1 Å². The van der Waals surface area contributed by atoms with Crippen molar-refractivity contribution in [3.63, 3.8) is 0 Å². The molecule has 2 aromatic rings. The fraction of sp³-hybridized carbons (Fsp3) is 0.143. The first-order chi connectivity index (χ1) is 7.95. The van der Waals surface area contributed by atoms with Gasteiger partial charge in [0.25, 0.3) is 0 Å². The van der Waals surface area contributed by atoms with Crippen LogP contribution in [0, 0.1) is 0 Å². The molecule has 0 heterocycles. The fourth-order valence-corrected chi connectivity index (χ4v) is 1.58. The first kappa shape index (κ1) is 12.4. The van der Waals surface area contributed by atoms with E-state index < -0.39 is 0 Å². The highest BCUT2D eigenvalue weighted by atomic mass is 17.0. The van der Waals surface area contributed by atoms with E-state index in [2.05, 4.69) is 60.7 Å². The van der Waals surface area contributed by atoms with Crippen LogP contribution in [0.25, 0.3) is 0 Å². The van der Waals surface area contributed by atoms with E-state index in [0.29, 0.717) is 0 Å². The van der Waals surface area contributed by atoms with Crippen LogP contribution in [0.2, 0.25) is 0 Å². The molecule has 0 radical (unpaired) electrons. The van der Waals surface area contributed by atoms with Crippen molar-refractivity contribution in [2.45, 2.75) is 12.8 Å². The summed E-state index contributed by atoms with van der Waals surface area (Å²) in [7, 11) is 0. The highest BCUT2D eigenvalue weighted by molar-refractivity contribution is 5.19. The van der Waals surface area contributed by atoms with Crippen molar-refractivity contribution in [3.8, 4) is 0 Å². The number of hydrogen-bond acceptors (Lipinski definition) is 2. The Labute approximate surface area is 95.7 Å². The van der Waals surface area contributed by atoms with Crippen LogP contribution in [0.3, 0.4) is 0 Å². The van der Waals surface area contributed by atoms with E-state index in [1.807, 2.05) is 0 Å². The molecule has 0 atom stereocenters. The molecule has 84 valence electrons. The van der Waals surface area contributed by atoms with E-state index in [9.17, 15) is 0 Å². The van der Waals surface area contributed by atoms with Crippen LogP contribution in [0.4, 0.5) is 0 Å². The van der Waals surface area contributed by atoms with Crippen molar-refractivity contribution >= 4 is 0 Å². The number of rotatable bonds is 3. The lowest BCUT2D eigenvalue weighted by Crippen LogP contribution is -1.89. The molecule has 0 aliphatic heterocycles. The molecular formula is C14H16O2. The average Bonchev–Trinajstić information content (AvgIpc) is 2.41. The van der Waals surface area contributed by atoms with Crippen LogP contribution in [0.5, 0.6) is 0 Å². The lowest BCUT2D eigenvalue weighted by Gasteiger charge is -2.01. The van der Waals surface area contributed by atoms with E-state index in [0.717, 1.165) is 12.8 Å². The summed E-state index contributed by atoms with van der Waals surface area (Å²) in [6.07, 6.45) is 2.26. The van der Waals surface area contributed by atoms with E-state index in [-0.39, 0.29) is 0 Å². The summed E-state index contributed by atoms with van der Waals surface area (Å²) in [5.74, 6) is 0. The molecule has 16 heavy (non-hydrogen) atoms. The van der Waals surface area contributed by atoms with Gasteiger partial charge in [0.05, 0.1) is 0 Å². The van der Waals surface area contributed by atoms with Crippen molar-refractivity contribution in [1.29, 1.82) is 0 Å². The normalized spacial score (nSPS) is 9.12. The minimum absolute atomic E-state index is 1.13. The molecule has 2 nitrogen and oxygen atoms in total. The Balaban J connectivity index is 0.000000606. The van der Waals surface area contributed by atoms with E-state index >= 15 is 0 Å². The maximum Gasteiger partial charge on any atom is -0.0238 e. The zero-order valence-electron chi connectivity index (χ0n) is 9.08. The van der Waals surface area contributed by atoms with Crippen LogP contribution in [-0.2, 0) is 12.8 Å². The molecule has 2 heteroatoms. The van der Waals surface area contributed by atoms with E-state index in [4.69, 9.17) is 10.5 Å². The third kappa shape index (κ3) is 4.26. The molecule has 0 aliphatic carbocycles. The smallest absolute Gasteiger partial charge is 0.0238 e. The first-order valence-electron chi connectivity index (χ1n) is 5.23. The van der Waals surface area contributed by atoms with Crippen LogP contribution in [0.15, 0.2) is 60.7 Å². The Bertz CT molecular complexity index is 331. The van der Waals surface area contributed by atoms with Crippen molar-refractivity contribution in [2.24, 2.45) is 0 Å². The van der Waals surface area contributed by atoms with Gasteiger partial charge < -0.3 is 0 Å². The predicted molar refractivity (Wildman–Crippen MR) is 65.5 cm³/mol. The molecular weight excluding hydrogens is 200 g/mol. The van der Waals surface area contributed by atoms with Crippen molar-refractivity contribution < 1.29 is 10.5 Å². The first-order valence-corrected chi connectivity index (χ1v) is 5.23. The highest BCUT2D eigenvalue weighted by Crippen LogP contribution is 2.06. The molecule has 2 rings (SSSR count). The minimum Gasteiger partial charge on any atom is -0.255 e. The maximum absolute atomic E-state index is 6.00. The van der Waals surface area contributed by atoms with Crippen LogP contribution < -0.4 is 0 Å². The summed E-state index contributed by atoms with van der Waals surface area (Å²) in [4.78, 5) is 0. The van der Waals surface area contributed by atoms with Crippen molar-refractivity contribution in [2.75, 3.05) is 0 Å². The van der Waals surface area contributed by atoms with Gasteiger partial charge in [0.1, 0.15) is 0 Å². The topological polar surface area (TPSA) is 40.5 Å². The second-order valence-corrected chi connectivity index (χ2v) is 3.47. The molecule has 0 unspecified atom stereocenters. The van der Waals surface area contributed by atoms with Gasteiger partial charge in [-0.3, -0.25) is 10.5 Å². The van der Waals surface area contributed by atoms with Gasteiger partial charge in [0.2, 0.25) is 0 Å². The Hall–Kier alpha value is -1.64. The largest absolute Gasteiger partial charge is 0.255 e. The van der Waals surface area contributed by atoms with Gasteiger partial charge in [-0.1, -0.05) is 60.7 Å². The third-order valence-electron chi connectivity index (χ3n) is 2.39. The molecule has 0 aromatic heterocycles. The number of aryl methyl sites for hydroxylation is 2. The third-order valence-corrected chi connectivity index (χ3v) is 2.39. The zero-order valence-corrected chi connectivity index (χ0v) is 9.08. The van der Waals surface area contributed by atoms with E-state index in [1.54, 1.807) is 0 Å². The Morgan fingerprint density at radius 1 is 0.562 bits per heavy atom. The molecule has 0 saturated heterocycles. The molecule has 2 N–H and O–H groups in total. The maximum atomic E-state index is 6.00. The molecule has 0 amide bonds. The summed E-state index contributed by atoms with van der Waals surface area (Å²) >= 11 is 0. The Kier molecular flexibility index (Phi) is 5.92. The lowest BCUT2D eigenvalue weighted by molar-refractivity contribution is -0.176. The molecule has 2 aromatic carbocycles. The molecule has 0 saturated carbocycles. The summed E-state index contributed by atoms with van der Waals surface area (Å²) in [5.41, 5.74) is 2.83. The van der Waals surface area contributed by atoms with Gasteiger partial charge in [-0.05, 0) is 24.0 Å². The quantitative estimate of drug-likeness (QED) is 0.609.